The number of hydrogen-bond acceptors (Lipinski definition) is 2. The highest BCUT2D eigenvalue weighted by atomic mass is 32.1. The summed E-state index contributed by atoms with van der Waals surface area (Å²) < 4.78 is 26.5. The predicted molar refractivity (Wildman–Crippen MR) is 70.9 cm³/mol. The molecule has 0 fully saturated rings. The van der Waals surface area contributed by atoms with Crippen LogP contribution in [0.25, 0.3) is 11.6 Å². The number of aryl methyl sites for hydroxylation is 1. The van der Waals surface area contributed by atoms with Crippen LogP contribution in [0.1, 0.15) is 16.0 Å². The Kier molecular flexibility index (Phi) is 3.76. The van der Waals surface area contributed by atoms with Crippen molar-refractivity contribution in [1.82, 2.24) is 0 Å². The quantitative estimate of drug-likeness (QED) is 0.864. The third-order valence-electron chi connectivity index (χ3n) is 2.49. The van der Waals surface area contributed by atoms with Gasteiger partial charge in [-0.3, -0.25) is 0 Å². The molecular weight excluding hydrogens is 270 g/mol. The Morgan fingerprint density at radius 2 is 2.05 bits per heavy atom. The largest absolute Gasteiger partial charge is 0.478 e. The minimum absolute atomic E-state index is 0.125. The monoisotopic (exact) mass is 280 g/mol. The second-order valence-corrected chi connectivity index (χ2v) is 4.96. The molecule has 2 rings (SSSR count). The van der Waals surface area contributed by atoms with Crippen LogP contribution < -0.4 is 0 Å². The molecule has 0 radical (unpaired) electrons. The fourth-order valence-electron chi connectivity index (χ4n) is 1.63. The van der Waals surface area contributed by atoms with Crippen molar-refractivity contribution in [3.05, 3.63) is 57.3 Å². The summed E-state index contributed by atoms with van der Waals surface area (Å²) in [6, 6.07) is 4.64. The van der Waals surface area contributed by atoms with E-state index < -0.39 is 17.6 Å². The van der Waals surface area contributed by atoms with Gasteiger partial charge in [0, 0.05) is 16.5 Å². The van der Waals surface area contributed by atoms with Gasteiger partial charge in [-0.2, -0.15) is 0 Å². The van der Waals surface area contributed by atoms with Crippen molar-refractivity contribution in [2.45, 2.75) is 6.92 Å². The van der Waals surface area contributed by atoms with E-state index in [1.54, 1.807) is 6.07 Å². The summed E-state index contributed by atoms with van der Waals surface area (Å²) in [4.78, 5) is 11.9. The van der Waals surface area contributed by atoms with Gasteiger partial charge in [0.25, 0.3) is 0 Å². The van der Waals surface area contributed by atoms with Crippen molar-refractivity contribution < 1.29 is 18.7 Å². The van der Waals surface area contributed by atoms with Gasteiger partial charge in [0.1, 0.15) is 11.6 Å². The molecule has 0 aliphatic rings. The lowest BCUT2D eigenvalue weighted by Crippen LogP contribution is -2.02. The number of carboxylic acid groups (broad SMARTS) is 1. The molecule has 0 aliphatic carbocycles. The van der Waals surface area contributed by atoms with Crippen molar-refractivity contribution in [3.8, 4) is 0 Å². The van der Waals surface area contributed by atoms with Gasteiger partial charge in [-0.25, -0.2) is 13.6 Å². The molecule has 1 N–H and O–H groups in total. The Labute approximate surface area is 112 Å². The van der Waals surface area contributed by atoms with E-state index in [1.165, 1.54) is 17.4 Å². The first kappa shape index (κ1) is 13.4. The van der Waals surface area contributed by atoms with Gasteiger partial charge >= 0.3 is 5.97 Å². The lowest BCUT2D eigenvalue weighted by Gasteiger charge is -2.04. The molecule has 0 unspecified atom stereocenters. The van der Waals surface area contributed by atoms with Crippen LogP contribution in [0, 0.1) is 18.6 Å². The zero-order valence-electron chi connectivity index (χ0n) is 9.98. The number of rotatable bonds is 3. The van der Waals surface area contributed by atoms with E-state index in [9.17, 15) is 13.6 Å². The van der Waals surface area contributed by atoms with Crippen LogP contribution in [0.3, 0.4) is 0 Å². The highest BCUT2D eigenvalue weighted by Crippen LogP contribution is 2.25. The summed E-state index contributed by atoms with van der Waals surface area (Å²) in [5, 5.41) is 11.0. The lowest BCUT2D eigenvalue weighted by atomic mass is 10.0. The van der Waals surface area contributed by atoms with Crippen LogP contribution in [0.15, 0.2) is 29.6 Å². The molecule has 0 aliphatic heterocycles. The Morgan fingerprint density at radius 3 is 2.58 bits per heavy atom. The first-order chi connectivity index (χ1) is 8.97. The highest BCUT2D eigenvalue weighted by Gasteiger charge is 2.16. The number of thiophene rings is 1. The van der Waals surface area contributed by atoms with Gasteiger partial charge in [0.05, 0.1) is 5.57 Å². The topological polar surface area (TPSA) is 37.3 Å². The van der Waals surface area contributed by atoms with E-state index in [0.29, 0.717) is 10.9 Å². The van der Waals surface area contributed by atoms with Gasteiger partial charge in [-0.1, -0.05) is 0 Å². The predicted octanol–water partition coefficient (Wildman–Crippen LogP) is 3.96. The second kappa shape index (κ2) is 5.32. The van der Waals surface area contributed by atoms with Gasteiger partial charge in [-0.05, 0) is 42.1 Å². The zero-order chi connectivity index (χ0) is 14.0. The minimum atomic E-state index is -1.25. The zero-order valence-corrected chi connectivity index (χ0v) is 10.8. The van der Waals surface area contributed by atoms with E-state index in [0.717, 1.165) is 17.7 Å². The van der Waals surface area contributed by atoms with Crippen molar-refractivity contribution >= 4 is 29.0 Å². The lowest BCUT2D eigenvalue weighted by molar-refractivity contribution is -0.130. The molecule has 1 heterocycles. The third kappa shape index (κ3) is 3.06. The molecule has 2 aromatic rings. The molecule has 0 bridgehead atoms. The van der Waals surface area contributed by atoms with Crippen molar-refractivity contribution in [2.24, 2.45) is 0 Å². The molecule has 5 heteroatoms. The Morgan fingerprint density at radius 1 is 1.32 bits per heavy atom. The normalized spacial score (nSPS) is 11.6. The number of hydrogen-bond donors (Lipinski definition) is 1. The summed E-state index contributed by atoms with van der Waals surface area (Å²) in [7, 11) is 0. The van der Waals surface area contributed by atoms with E-state index in [-0.39, 0.29) is 11.1 Å². The van der Waals surface area contributed by atoms with E-state index in [1.807, 2.05) is 12.3 Å². The molecule has 0 amide bonds. The van der Waals surface area contributed by atoms with Gasteiger partial charge < -0.3 is 5.11 Å². The highest BCUT2D eigenvalue weighted by molar-refractivity contribution is 7.11. The summed E-state index contributed by atoms with van der Waals surface area (Å²) in [6.07, 6.45) is 1.39. The Bertz CT molecular complexity index is 659. The second-order valence-electron chi connectivity index (χ2n) is 4.01. The third-order valence-corrected chi connectivity index (χ3v) is 3.49. The molecule has 1 aromatic carbocycles. The van der Waals surface area contributed by atoms with Crippen LogP contribution in [0.2, 0.25) is 0 Å². The standard InChI is InChI=1S/C14H10F2O2S/c1-8-4-10(19-7-8)6-12(14(17)18)11-3-2-9(15)5-13(11)16/h2-7H,1H3,(H,17,18). The number of carbonyl (C=O) groups is 1. The molecular formula is C14H10F2O2S. The van der Waals surface area contributed by atoms with E-state index in [4.69, 9.17) is 5.11 Å². The molecule has 0 saturated heterocycles. The van der Waals surface area contributed by atoms with Gasteiger partial charge in [0.15, 0.2) is 0 Å². The molecule has 0 spiro atoms. The summed E-state index contributed by atoms with van der Waals surface area (Å²) in [5.74, 6) is -2.88. The minimum Gasteiger partial charge on any atom is -0.478 e. The first-order valence-electron chi connectivity index (χ1n) is 5.43. The molecule has 1 aromatic heterocycles. The molecule has 0 atom stereocenters. The van der Waals surface area contributed by atoms with Crippen LogP contribution in [-0.4, -0.2) is 11.1 Å². The number of benzene rings is 1. The summed E-state index contributed by atoms with van der Waals surface area (Å²) in [5.41, 5.74) is 0.680. The maximum absolute atomic E-state index is 13.6. The number of halogens is 2. The summed E-state index contributed by atoms with van der Waals surface area (Å²) >= 11 is 1.36. The molecule has 0 saturated carbocycles. The Hall–Kier alpha value is -2.01. The fraction of sp³-hybridized carbons (Fsp3) is 0.0714. The smallest absolute Gasteiger partial charge is 0.336 e. The average Bonchev–Trinajstić information content (AvgIpc) is 2.72. The first-order valence-corrected chi connectivity index (χ1v) is 6.31. The van der Waals surface area contributed by atoms with Crippen LogP contribution in [-0.2, 0) is 4.79 Å². The maximum atomic E-state index is 13.6. The number of carboxylic acids is 1. The van der Waals surface area contributed by atoms with E-state index >= 15 is 0 Å². The van der Waals surface area contributed by atoms with Crippen molar-refractivity contribution in [1.29, 1.82) is 0 Å². The molecule has 2 nitrogen and oxygen atoms in total. The maximum Gasteiger partial charge on any atom is 0.336 e. The van der Waals surface area contributed by atoms with Crippen LogP contribution >= 0.6 is 11.3 Å². The van der Waals surface area contributed by atoms with Crippen LogP contribution in [0.4, 0.5) is 8.78 Å². The van der Waals surface area contributed by atoms with Crippen molar-refractivity contribution in [2.75, 3.05) is 0 Å². The number of aliphatic carboxylic acids is 1. The summed E-state index contributed by atoms with van der Waals surface area (Å²) in [6.45, 7) is 1.88. The van der Waals surface area contributed by atoms with Gasteiger partial charge in [-0.15, -0.1) is 11.3 Å². The molecule has 98 valence electrons. The molecule has 19 heavy (non-hydrogen) atoms. The van der Waals surface area contributed by atoms with Crippen molar-refractivity contribution in [3.63, 3.8) is 0 Å². The van der Waals surface area contributed by atoms with Crippen LogP contribution in [0.5, 0.6) is 0 Å². The SMILES string of the molecule is Cc1csc(C=C(C(=O)O)c2ccc(F)cc2F)c1. The van der Waals surface area contributed by atoms with Gasteiger partial charge in [0.2, 0.25) is 0 Å². The van der Waals surface area contributed by atoms with E-state index in [2.05, 4.69) is 0 Å². The Balaban J connectivity index is 2.51. The average molecular weight is 280 g/mol. The fourth-order valence-corrected chi connectivity index (χ4v) is 2.46.